The highest BCUT2D eigenvalue weighted by Crippen LogP contribution is 2.32. The van der Waals surface area contributed by atoms with Gasteiger partial charge >= 0.3 is 0 Å². The summed E-state index contributed by atoms with van der Waals surface area (Å²) in [6, 6.07) is 0. The van der Waals surface area contributed by atoms with Crippen molar-refractivity contribution in [2.75, 3.05) is 6.54 Å². The standard InChI is InChI=1S/C10H14N2O/c1-3-5-10(6-4-2)8(11)7-12-9(10)13/h3-4,11H,1-2,5-7H2,(H,12,13). The van der Waals surface area contributed by atoms with Crippen LogP contribution in [-0.2, 0) is 4.79 Å². The van der Waals surface area contributed by atoms with Crippen molar-refractivity contribution in [2.24, 2.45) is 5.41 Å². The molecule has 1 saturated heterocycles. The number of rotatable bonds is 4. The van der Waals surface area contributed by atoms with Crippen molar-refractivity contribution in [1.82, 2.24) is 5.32 Å². The number of carbonyl (C=O) groups excluding carboxylic acids is 1. The fourth-order valence-electron chi connectivity index (χ4n) is 1.65. The van der Waals surface area contributed by atoms with Crippen molar-refractivity contribution >= 4 is 11.6 Å². The first-order valence-corrected chi connectivity index (χ1v) is 4.25. The molecule has 0 aromatic rings. The van der Waals surface area contributed by atoms with Crippen molar-refractivity contribution in [3.63, 3.8) is 0 Å². The minimum absolute atomic E-state index is 0.0719. The van der Waals surface area contributed by atoms with Crippen LogP contribution >= 0.6 is 0 Å². The molecule has 1 aliphatic rings. The van der Waals surface area contributed by atoms with Crippen LogP contribution < -0.4 is 5.32 Å². The molecule has 1 heterocycles. The molecule has 0 bridgehead atoms. The van der Waals surface area contributed by atoms with Crippen molar-refractivity contribution in [2.45, 2.75) is 12.8 Å². The van der Waals surface area contributed by atoms with E-state index in [0.29, 0.717) is 25.1 Å². The summed E-state index contributed by atoms with van der Waals surface area (Å²) in [7, 11) is 0. The van der Waals surface area contributed by atoms with Crippen LogP contribution in [0.2, 0.25) is 0 Å². The van der Waals surface area contributed by atoms with E-state index in [2.05, 4.69) is 18.5 Å². The Labute approximate surface area is 78.0 Å². The molecule has 0 aliphatic carbocycles. The van der Waals surface area contributed by atoms with Gasteiger partial charge in [0.1, 0.15) is 0 Å². The van der Waals surface area contributed by atoms with Gasteiger partial charge in [0.15, 0.2) is 0 Å². The van der Waals surface area contributed by atoms with E-state index in [9.17, 15) is 4.79 Å². The van der Waals surface area contributed by atoms with Gasteiger partial charge in [0.05, 0.1) is 12.0 Å². The monoisotopic (exact) mass is 178 g/mol. The fourth-order valence-corrected chi connectivity index (χ4v) is 1.65. The van der Waals surface area contributed by atoms with Gasteiger partial charge in [0.2, 0.25) is 5.91 Å². The molecule has 0 saturated carbocycles. The predicted molar refractivity (Wildman–Crippen MR) is 52.8 cm³/mol. The van der Waals surface area contributed by atoms with Crippen molar-refractivity contribution in [3.05, 3.63) is 25.3 Å². The summed E-state index contributed by atoms with van der Waals surface area (Å²) in [4.78, 5) is 11.5. The summed E-state index contributed by atoms with van der Waals surface area (Å²) in [6.07, 6.45) is 4.40. The second-order valence-electron chi connectivity index (χ2n) is 3.23. The average Bonchev–Trinajstić information content (AvgIpc) is 2.35. The van der Waals surface area contributed by atoms with Crippen molar-refractivity contribution < 1.29 is 4.79 Å². The first kappa shape index (κ1) is 9.71. The normalized spacial score (nSPS) is 19.7. The minimum atomic E-state index is -0.691. The Morgan fingerprint density at radius 1 is 1.46 bits per heavy atom. The lowest BCUT2D eigenvalue weighted by molar-refractivity contribution is -0.125. The van der Waals surface area contributed by atoms with Gasteiger partial charge in [0.25, 0.3) is 0 Å². The quantitative estimate of drug-likeness (QED) is 0.626. The Hall–Kier alpha value is -1.38. The Balaban J connectivity index is 2.98. The molecule has 1 rings (SSSR count). The van der Waals surface area contributed by atoms with E-state index >= 15 is 0 Å². The number of amides is 1. The van der Waals surface area contributed by atoms with Crippen molar-refractivity contribution in [3.8, 4) is 0 Å². The Kier molecular flexibility index (Phi) is 2.66. The van der Waals surface area contributed by atoms with Gasteiger partial charge < -0.3 is 10.7 Å². The molecule has 0 aromatic heterocycles. The van der Waals surface area contributed by atoms with E-state index < -0.39 is 5.41 Å². The highest BCUT2D eigenvalue weighted by molar-refractivity contribution is 6.14. The lowest BCUT2D eigenvalue weighted by Gasteiger charge is -2.22. The molecule has 2 N–H and O–H groups in total. The zero-order chi connectivity index (χ0) is 9.90. The molecule has 0 atom stereocenters. The third-order valence-electron chi connectivity index (χ3n) is 2.42. The van der Waals surface area contributed by atoms with Crippen LogP contribution in [0.1, 0.15) is 12.8 Å². The van der Waals surface area contributed by atoms with Crippen molar-refractivity contribution in [1.29, 1.82) is 5.41 Å². The lowest BCUT2D eigenvalue weighted by atomic mass is 9.78. The first-order chi connectivity index (χ1) is 6.17. The third kappa shape index (κ3) is 1.41. The van der Waals surface area contributed by atoms with Crippen LogP contribution in [0.4, 0.5) is 0 Å². The van der Waals surface area contributed by atoms with Gasteiger partial charge in [-0.1, -0.05) is 12.2 Å². The van der Waals surface area contributed by atoms with Crippen LogP contribution in [0.3, 0.4) is 0 Å². The van der Waals surface area contributed by atoms with Crippen LogP contribution in [0.5, 0.6) is 0 Å². The molecule has 3 nitrogen and oxygen atoms in total. The highest BCUT2D eigenvalue weighted by Gasteiger charge is 2.44. The summed E-state index contributed by atoms with van der Waals surface area (Å²) >= 11 is 0. The lowest BCUT2D eigenvalue weighted by Crippen LogP contribution is -2.34. The van der Waals surface area contributed by atoms with Crippen LogP contribution in [0, 0.1) is 10.8 Å². The Morgan fingerprint density at radius 2 is 2.00 bits per heavy atom. The summed E-state index contributed by atoms with van der Waals surface area (Å²) in [5.41, 5.74) is -0.249. The number of allylic oxidation sites excluding steroid dienone is 2. The number of hydrogen-bond acceptors (Lipinski definition) is 2. The highest BCUT2D eigenvalue weighted by atomic mass is 16.2. The summed E-state index contributed by atoms with van der Waals surface area (Å²) in [5.74, 6) is -0.0719. The number of nitrogens with one attached hydrogen (secondary N) is 2. The summed E-state index contributed by atoms with van der Waals surface area (Å²) in [5, 5.41) is 10.4. The maximum atomic E-state index is 11.5. The molecule has 0 unspecified atom stereocenters. The molecule has 13 heavy (non-hydrogen) atoms. The van der Waals surface area contributed by atoms with Gasteiger partial charge in [-0.3, -0.25) is 4.79 Å². The molecule has 1 amide bonds. The molecule has 0 radical (unpaired) electrons. The predicted octanol–water partition coefficient (Wildman–Crippen LogP) is 1.27. The van der Waals surface area contributed by atoms with Gasteiger partial charge in [-0.25, -0.2) is 0 Å². The molecular formula is C10H14N2O. The van der Waals surface area contributed by atoms with Crippen LogP contribution in [0.15, 0.2) is 25.3 Å². The van der Waals surface area contributed by atoms with E-state index in [1.807, 2.05) is 0 Å². The average molecular weight is 178 g/mol. The van der Waals surface area contributed by atoms with Crippen LogP contribution in [-0.4, -0.2) is 18.2 Å². The topological polar surface area (TPSA) is 53.0 Å². The van der Waals surface area contributed by atoms with Gasteiger partial charge in [-0.05, 0) is 12.8 Å². The van der Waals surface area contributed by atoms with E-state index in [-0.39, 0.29) is 5.91 Å². The molecule has 70 valence electrons. The number of hydrogen-bond donors (Lipinski definition) is 2. The zero-order valence-electron chi connectivity index (χ0n) is 7.60. The van der Waals surface area contributed by atoms with E-state index in [1.54, 1.807) is 12.2 Å². The summed E-state index contributed by atoms with van der Waals surface area (Å²) < 4.78 is 0. The molecule has 0 aromatic carbocycles. The van der Waals surface area contributed by atoms with Gasteiger partial charge in [0, 0.05) is 5.71 Å². The molecular weight excluding hydrogens is 164 g/mol. The van der Waals surface area contributed by atoms with E-state index in [1.165, 1.54) is 0 Å². The Bertz CT molecular complexity index is 240. The van der Waals surface area contributed by atoms with E-state index in [4.69, 9.17) is 5.41 Å². The van der Waals surface area contributed by atoms with Gasteiger partial charge in [-0.2, -0.15) is 0 Å². The largest absolute Gasteiger partial charge is 0.350 e. The van der Waals surface area contributed by atoms with Gasteiger partial charge in [-0.15, -0.1) is 13.2 Å². The Morgan fingerprint density at radius 3 is 2.31 bits per heavy atom. The van der Waals surface area contributed by atoms with E-state index in [0.717, 1.165) is 0 Å². The SMILES string of the molecule is C=CCC1(CC=C)C(=N)CNC1=O. The molecule has 0 spiro atoms. The zero-order valence-corrected chi connectivity index (χ0v) is 7.60. The third-order valence-corrected chi connectivity index (χ3v) is 2.42. The number of carbonyl (C=O) groups is 1. The minimum Gasteiger partial charge on any atom is -0.350 e. The maximum absolute atomic E-state index is 11.5. The second kappa shape index (κ2) is 3.56. The van der Waals surface area contributed by atoms with Crippen LogP contribution in [0.25, 0.3) is 0 Å². The molecule has 3 heteroatoms. The fraction of sp³-hybridized carbons (Fsp3) is 0.400. The smallest absolute Gasteiger partial charge is 0.232 e. The summed E-state index contributed by atoms with van der Waals surface area (Å²) in [6.45, 7) is 7.58. The molecule has 1 fully saturated rings. The molecule has 1 aliphatic heterocycles. The second-order valence-corrected chi connectivity index (χ2v) is 3.23. The first-order valence-electron chi connectivity index (χ1n) is 4.25. The maximum Gasteiger partial charge on any atom is 0.232 e.